The van der Waals surface area contributed by atoms with E-state index in [4.69, 9.17) is 15.2 Å². The fraction of sp³-hybridized carbons (Fsp3) is 0.909. The van der Waals surface area contributed by atoms with Crippen LogP contribution >= 0.6 is 12.4 Å². The second-order valence-corrected chi connectivity index (χ2v) is 4.00. The molecule has 17 heavy (non-hydrogen) atoms. The number of nitrogens with two attached hydrogens (primary N) is 1. The standard InChI is InChI=1S/C11H22N2O3.ClH/c1-2-15-5-6-16-8-11(14)13-10(7-12)9-3-4-9;/h9-10H,2-8,12H2,1H3,(H,13,14);1H. The topological polar surface area (TPSA) is 73.6 Å². The molecular weight excluding hydrogens is 244 g/mol. The number of amides is 1. The van der Waals surface area contributed by atoms with E-state index in [9.17, 15) is 4.79 Å². The first-order valence-corrected chi connectivity index (χ1v) is 5.92. The number of carbonyl (C=O) groups is 1. The third-order valence-electron chi connectivity index (χ3n) is 2.60. The van der Waals surface area contributed by atoms with Gasteiger partial charge in [-0.15, -0.1) is 12.4 Å². The van der Waals surface area contributed by atoms with Crippen LogP contribution in [-0.4, -0.2) is 44.9 Å². The molecule has 1 atom stereocenters. The van der Waals surface area contributed by atoms with Gasteiger partial charge in [0.25, 0.3) is 0 Å². The zero-order chi connectivity index (χ0) is 11.8. The van der Waals surface area contributed by atoms with Gasteiger partial charge in [0.1, 0.15) is 6.61 Å². The van der Waals surface area contributed by atoms with Crippen LogP contribution in [0.1, 0.15) is 19.8 Å². The van der Waals surface area contributed by atoms with Crippen LogP contribution in [0.2, 0.25) is 0 Å². The number of hydrogen-bond acceptors (Lipinski definition) is 4. The molecule has 0 bridgehead atoms. The molecule has 3 N–H and O–H groups in total. The summed E-state index contributed by atoms with van der Waals surface area (Å²) in [4.78, 5) is 11.4. The summed E-state index contributed by atoms with van der Waals surface area (Å²) in [5, 5.41) is 2.89. The first kappa shape index (κ1) is 16.6. The van der Waals surface area contributed by atoms with Gasteiger partial charge in [-0.2, -0.15) is 0 Å². The lowest BCUT2D eigenvalue weighted by atomic mass is 10.2. The third-order valence-corrected chi connectivity index (χ3v) is 2.60. The Bertz CT molecular complexity index is 213. The van der Waals surface area contributed by atoms with Crippen LogP contribution in [-0.2, 0) is 14.3 Å². The molecule has 1 rings (SSSR count). The molecule has 1 unspecified atom stereocenters. The van der Waals surface area contributed by atoms with E-state index >= 15 is 0 Å². The van der Waals surface area contributed by atoms with Crippen LogP contribution in [0.4, 0.5) is 0 Å². The monoisotopic (exact) mass is 266 g/mol. The summed E-state index contributed by atoms with van der Waals surface area (Å²) in [5.41, 5.74) is 5.58. The van der Waals surface area contributed by atoms with E-state index in [0.29, 0.717) is 32.3 Å². The molecule has 102 valence electrons. The minimum absolute atomic E-state index is 0. The van der Waals surface area contributed by atoms with Gasteiger partial charge in [-0.25, -0.2) is 0 Å². The Balaban J connectivity index is 0.00000256. The summed E-state index contributed by atoms with van der Waals surface area (Å²) in [6.07, 6.45) is 2.35. The van der Waals surface area contributed by atoms with Gasteiger partial charge in [0.2, 0.25) is 5.91 Å². The molecule has 1 fully saturated rings. The highest BCUT2D eigenvalue weighted by molar-refractivity contribution is 5.85. The van der Waals surface area contributed by atoms with Crippen molar-refractivity contribution in [2.24, 2.45) is 11.7 Å². The van der Waals surface area contributed by atoms with E-state index in [1.54, 1.807) is 0 Å². The molecule has 5 nitrogen and oxygen atoms in total. The van der Waals surface area contributed by atoms with E-state index in [2.05, 4.69) is 5.32 Å². The molecule has 1 aliphatic carbocycles. The molecule has 0 aromatic carbocycles. The van der Waals surface area contributed by atoms with Crippen LogP contribution in [0.3, 0.4) is 0 Å². The third kappa shape index (κ3) is 7.54. The molecular formula is C11H23ClN2O3. The van der Waals surface area contributed by atoms with E-state index in [0.717, 1.165) is 0 Å². The van der Waals surface area contributed by atoms with Crippen molar-refractivity contribution in [3.05, 3.63) is 0 Å². The summed E-state index contributed by atoms with van der Waals surface area (Å²) >= 11 is 0. The Morgan fingerprint density at radius 2 is 2.06 bits per heavy atom. The maximum Gasteiger partial charge on any atom is 0.246 e. The maximum atomic E-state index is 11.4. The molecule has 0 saturated heterocycles. The first-order chi connectivity index (χ1) is 7.77. The van der Waals surface area contributed by atoms with Crippen molar-refractivity contribution in [2.75, 3.05) is 33.0 Å². The van der Waals surface area contributed by atoms with Gasteiger partial charge in [-0.1, -0.05) is 0 Å². The Hall–Kier alpha value is -0.360. The number of carbonyl (C=O) groups excluding carboxylic acids is 1. The molecule has 0 aromatic rings. The quantitative estimate of drug-likeness (QED) is 0.590. The van der Waals surface area contributed by atoms with Gasteiger partial charge in [-0.05, 0) is 25.7 Å². The second kappa shape index (κ2) is 9.65. The molecule has 0 aromatic heterocycles. The van der Waals surface area contributed by atoms with Crippen LogP contribution < -0.4 is 11.1 Å². The summed E-state index contributed by atoms with van der Waals surface area (Å²) in [7, 11) is 0. The zero-order valence-electron chi connectivity index (χ0n) is 10.3. The Morgan fingerprint density at radius 1 is 1.41 bits per heavy atom. The van der Waals surface area contributed by atoms with Crippen molar-refractivity contribution in [3.8, 4) is 0 Å². The predicted molar refractivity (Wildman–Crippen MR) is 68.3 cm³/mol. The zero-order valence-corrected chi connectivity index (χ0v) is 11.1. The van der Waals surface area contributed by atoms with Crippen molar-refractivity contribution in [2.45, 2.75) is 25.8 Å². The number of halogens is 1. The van der Waals surface area contributed by atoms with Crippen molar-refractivity contribution >= 4 is 18.3 Å². The number of hydrogen-bond donors (Lipinski definition) is 2. The molecule has 6 heteroatoms. The first-order valence-electron chi connectivity index (χ1n) is 5.92. The van der Waals surface area contributed by atoms with E-state index in [1.165, 1.54) is 12.8 Å². The molecule has 1 aliphatic rings. The fourth-order valence-electron chi connectivity index (χ4n) is 1.54. The highest BCUT2D eigenvalue weighted by Crippen LogP contribution is 2.32. The van der Waals surface area contributed by atoms with Crippen LogP contribution in [0.5, 0.6) is 0 Å². The summed E-state index contributed by atoms with van der Waals surface area (Å²) < 4.78 is 10.3. The smallest absolute Gasteiger partial charge is 0.246 e. The van der Waals surface area contributed by atoms with E-state index in [-0.39, 0.29) is 31.0 Å². The van der Waals surface area contributed by atoms with Crippen LogP contribution in [0.25, 0.3) is 0 Å². The van der Waals surface area contributed by atoms with Gasteiger partial charge < -0.3 is 20.5 Å². The maximum absolute atomic E-state index is 11.4. The Kier molecular flexibility index (Phi) is 9.44. The largest absolute Gasteiger partial charge is 0.379 e. The Labute approximate surface area is 109 Å². The molecule has 1 saturated carbocycles. The highest BCUT2D eigenvalue weighted by Gasteiger charge is 2.31. The average Bonchev–Trinajstić information content (AvgIpc) is 3.09. The summed E-state index contributed by atoms with van der Waals surface area (Å²) in [6.45, 7) is 4.19. The van der Waals surface area contributed by atoms with Gasteiger partial charge in [0.15, 0.2) is 0 Å². The highest BCUT2D eigenvalue weighted by atomic mass is 35.5. The molecule has 0 aliphatic heterocycles. The lowest BCUT2D eigenvalue weighted by molar-refractivity contribution is -0.127. The molecule has 0 spiro atoms. The van der Waals surface area contributed by atoms with Gasteiger partial charge in [0.05, 0.1) is 13.2 Å². The molecule has 0 heterocycles. The van der Waals surface area contributed by atoms with E-state index < -0.39 is 0 Å². The van der Waals surface area contributed by atoms with Crippen LogP contribution in [0.15, 0.2) is 0 Å². The number of rotatable bonds is 9. The van der Waals surface area contributed by atoms with Gasteiger partial charge in [-0.3, -0.25) is 4.79 Å². The van der Waals surface area contributed by atoms with Crippen molar-refractivity contribution in [1.29, 1.82) is 0 Å². The lowest BCUT2D eigenvalue weighted by Crippen LogP contribution is -2.43. The number of ether oxygens (including phenoxy) is 2. The summed E-state index contributed by atoms with van der Waals surface area (Å²) in [6, 6.07) is 0.128. The molecule has 1 amide bonds. The fourth-order valence-corrected chi connectivity index (χ4v) is 1.54. The SMILES string of the molecule is CCOCCOCC(=O)NC(CN)C1CC1.Cl. The average molecular weight is 267 g/mol. The summed E-state index contributed by atoms with van der Waals surface area (Å²) in [5.74, 6) is 0.497. The minimum atomic E-state index is -0.0844. The van der Waals surface area contributed by atoms with Crippen molar-refractivity contribution in [1.82, 2.24) is 5.32 Å². The predicted octanol–water partition coefficient (Wildman–Crippen LogP) is 0.315. The van der Waals surface area contributed by atoms with E-state index in [1.807, 2.05) is 6.92 Å². The minimum Gasteiger partial charge on any atom is -0.379 e. The normalized spacial score (nSPS) is 16.1. The van der Waals surface area contributed by atoms with Gasteiger partial charge in [0, 0.05) is 19.2 Å². The lowest BCUT2D eigenvalue weighted by Gasteiger charge is -2.15. The van der Waals surface area contributed by atoms with Crippen molar-refractivity contribution < 1.29 is 14.3 Å². The van der Waals surface area contributed by atoms with Gasteiger partial charge >= 0.3 is 0 Å². The van der Waals surface area contributed by atoms with Crippen LogP contribution in [0, 0.1) is 5.92 Å². The Morgan fingerprint density at radius 3 is 2.59 bits per heavy atom. The van der Waals surface area contributed by atoms with Crippen molar-refractivity contribution in [3.63, 3.8) is 0 Å². The number of nitrogens with one attached hydrogen (secondary N) is 1. The molecule has 0 radical (unpaired) electrons. The second-order valence-electron chi connectivity index (χ2n) is 4.00.